The fourth-order valence-electron chi connectivity index (χ4n) is 2.91. The maximum atomic E-state index is 5.88. The molecule has 0 aromatic heterocycles. The van der Waals surface area contributed by atoms with Gasteiger partial charge < -0.3 is 10.6 Å². The molecule has 1 aliphatic rings. The highest BCUT2D eigenvalue weighted by atomic mass is 15.1. The predicted molar refractivity (Wildman–Crippen MR) is 83.8 cm³/mol. The Hall–Kier alpha value is -1.02. The molecule has 0 bridgehead atoms. The first-order valence-electron chi connectivity index (χ1n) is 7.35. The summed E-state index contributed by atoms with van der Waals surface area (Å²) in [7, 11) is 2.21. The fourth-order valence-corrected chi connectivity index (χ4v) is 2.91. The molecule has 0 spiro atoms. The Bertz CT molecular complexity index is 439. The van der Waals surface area contributed by atoms with Crippen molar-refractivity contribution in [3.63, 3.8) is 0 Å². The molecule has 1 aliphatic carbocycles. The molecular weight excluding hydrogens is 232 g/mol. The molecule has 0 heterocycles. The van der Waals surface area contributed by atoms with Crippen LogP contribution in [0.4, 0.5) is 5.69 Å². The van der Waals surface area contributed by atoms with Crippen LogP contribution in [0.5, 0.6) is 0 Å². The van der Waals surface area contributed by atoms with Gasteiger partial charge in [0, 0.05) is 25.3 Å². The van der Waals surface area contributed by atoms with Crippen LogP contribution in [-0.2, 0) is 5.41 Å². The van der Waals surface area contributed by atoms with Gasteiger partial charge in [0.15, 0.2) is 0 Å². The van der Waals surface area contributed by atoms with Gasteiger partial charge >= 0.3 is 0 Å². The maximum Gasteiger partial charge on any atom is 0.0396 e. The molecule has 1 aromatic carbocycles. The smallest absolute Gasteiger partial charge is 0.0396 e. The van der Waals surface area contributed by atoms with E-state index in [-0.39, 0.29) is 5.41 Å². The van der Waals surface area contributed by atoms with E-state index in [1.54, 1.807) is 0 Å². The van der Waals surface area contributed by atoms with Crippen molar-refractivity contribution in [2.75, 3.05) is 18.5 Å². The third-order valence-electron chi connectivity index (χ3n) is 4.29. The lowest BCUT2D eigenvalue weighted by molar-refractivity contribution is 0.271. The summed E-state index contributed by atoms with van der Waals surface area (Å²) in [5, 5.41) is 0. The van der Waals surface area contributed by atoms with Gasteiger partial charge in [-0.05, 0) is 48.3 Å². The van der Waals surface area contributed by atoms with Crippen LogP contribution >= 0.6 is 0 Å². The first-order valence-corrected chi connectivity index (χ1v) is 7.35. The van der Waals surface area contributed by atoms with Crippen molar-refractivity contribution < 1.29 is 0 Å². The molecule has 1 fully saturated rings. The van der Waals surface area contributed by atoms with E-state index in [9.17, 15) is 0 Å². The molecule has 1 aromatic rings. The number of benzene rings is 1. The molecular formula is C17H28N2. The highest BCUT2D eigenvalue weighted by Gasteiger charge is 2.27. The summed E-state index contributed by atoms with van der Waals surface area (Å²) < 4.78 is 0. The number of nitrogens with two attached hydrogens (primary N) is 1. The van der Waals surface area contributed by atoms with Gasteiger partial charge in [0.05, 0.1) is 0 Å². The van der Waals surface area contributed by atoms with Crippen molar-refractivity contribution in [1.29, 1.82) is 0 Å². The Morgan fingerprint density at radius 1 is 1.26 bits per heavy atom. The van der Waals surface area contributed by atoms with Gasteiger partial charge in [0.1, 0.15) is 0 Å². The molecule has 0 saturated heterocycles. The van der Waals surface area contributed by atoms with Gasteiger partial charge in [0.2, 0.25) is 0 Å². The molecule has 0 atom stereocenters. The minimum atomic E-state index is 0.210. The van der Waals surface area contributed by atoms with Crippen LogP contribution in [0.15, 0.2) is 18.2 Å². The lowest BCUT2D eigenvalue weighted by Crippen LogP contribution is -2.42. The molecule has 106 valence electrons. The first-order chi connectivity index (χ1) is 8.77. The average molecular weight is 260 g/mol. The molecule has 0 aliphatic heterocycles. The van der Waals surface area contributed by atoms with Crippen LogP contribution in [0.25, 0.3) is 0 Å². The van der Waals surface area contributed by atoms with E-state index in [0.717, 1.165) is 12.5 Å². The standard InChI is InChI=1S/C17H28N2/c1-12-6-7-14(17(2,3)4)10-16(12)19(5)11-13-8-15(18)9-13/h6-7,10,13,15H,8-9,11,18H2,1-5H3. The quantitative estimate of drug-likeness (QED) is 0.901. The van der Waals surface area contributed by atoms with Crippen molar-refractivity contribution in [2.45, 2.75) is 52.0 Å². The summed E-state index contributed by atoms with van der Waals surface area (Å²) in [6.07, 6.45) is 2.37. The monoisotopic (exact) mass is 260 g/mol. The summed E-state index contributed by atoms with van der Waals surface area (Å²) in [6.45, 7) is 10.1. The van der Waals surface area contributed by atoms with E-state index in [2.05, 4.69) is 57.8 Å². The molecule has 2 N–H and O–H groups in total. The molecule has 0 radical (unpaired) electrons. The number of rotatable bonds is 3. The van der Waals surface area contributed by atoms with Gasteiger partial charge in [-0.3, -0.25) is 0 Å². The van der Waals surface area contributed by atoms with E-state index in [0.29, 0.717) is 6.04 Å². The SMILES string of the molecule is Cc1ccc(C(C)(C)C)cc1N(C)CC1CC(N)C1. The molecule has 2 nitrogen and oxygen atoms in total. The van der Waals surface area contributed by atoms with Crippen molar-refractivity contribution in [3.05, 3.63) is 29.3 Å². The number of hydrogen-bond acceptors (Lipinski definition) is 2. The Labute approximate surface area is 118 Å². The van der Waals surface area contributed by atoms with Gasteiger partial charge in [0.25, 0.3) is 0 Å². The second kappa shape index (κ2) is 5.16. The van der Waals surface area contributed by atoms with Crippen LogP contribution in [-0.4, -0.2) is 19.6 Å². The van der Waals surface area contributed by atoms with Crippen LogP contribution < -0.4 is 10.6 Å². The van der Waals surface area contributed by atoms with Crippen LogP contribution in [0.1, 0.15) is 44.7 Å². The van der Waals surface area contributed by atoms with Crippen LogP contribution in [0.2, 0.25) is 0 Å². The highest BCUT2D eigenvalue weighted by Crippen LogP contribution is 2.31. The van der Waals surface area contributed by atoms with Gasteiger partial charge in [-0.25, -0.2) is 0 Å². The van der Waals surface area contributed by atoms with Gasteiger partial charge in [-0.1, -0.05) is 32.9 Å². The lowest BCUT2D eigenvalue weighted by atomic mass is 9.80. The largest absolute Gasteiger partial charge is 0.374 e. The van der Waals surface area contributed by atoms with E-state index < -0.39 is 0 Å². The summed E-state index contributed by atoms with van der Waals surface area (Å²) in [4.78, 5) is 2.40. The number of nitrogens with zero attached hydrogens (tertiary/aromatic N) is 1. The molecule has 19 heavy (non-hydrogen) atoms. The van der Waals surface area contributed by atoms with E-state index >= 15 is 0 Å². The second-order valence-corrected chi connectivity index (χ2v) is 7.23. The number of anilines is 1. The lowest BCUT2D eigenvalue weighted by Gasteiger charge is -2.36. The Morgan fingerprint density at radius 2 is 1.89 bits per heavy atom. The third-order valence-corrected chi connectivity index (χ3v) is 4.29. The minimum absolute atomic E-state index is 0.210. The van der Waals surface area contributed by atoms with E-state index in [1.807, 2.05) is 0 Å². The van der Waals surface area contributed by atoms with Crippen LogP contribution in [0.3, 0.4) is 0 Å². The third kappa shape index (κ3) is 3.30. The summed E-state index contributed by atoms with van der Waals surface area (Å²) >= 11 is 0. The second-order valence-electron chi connectivity index (χ2n) is 7.23. The Kier molecular flexibility index (Phi) is 3.91. The van der Waals surface area contributed by atoms with E-state index in [4.69, 9.17) is 5.73 Å². The Balaban J connectivity index is 2.13. The van der Waals surface area contributed by atoms with Gasteiger partial charge in [-0.2, -0.15) is 0 Å². The topological polar surface area (TPSA) is 29.3 Å². The number of aryl methyl sites for hydroxylation is 1. The molecule has 2 rings (SSSR count). The number of hydrogen-bond donors (Lipinski definition) is 1. The zero-order valence-corrected chi connectivity index (χ0v) is 13.0. The minimum Gasteiger partial charge on any atom is -0.374 e. The normalized spacial score (nSPS) is 23.1. The summed E-state index contributed by atoms with van der Waals surface area (Å²) in [6, 6.07) is 7.30. The van der Waals surface area contributed by atoms with Crippen molar-refractivity contribution in [2.24, 2.45) is 11.7 Å². The molecule has 0 unspecified atom stereocenters. The summed E-state index contributed by atoms with van der Waals surface area (Å²) in [5.41, 5.74) is 10.2. The van der Waals surface area contributed by atoms with Crippen molar-refractivity contribution in [3.8, 4) is 0 Å². The molecule has 2 heteroatoms. The van der Waals surface area contributed by atoms with Gasteiger partial charge in [-0.15, -0.1) is 0 Å². The predicted octanol–water partition coefficient (Wildman–Crippen LogP) is 3.47. The average Bonchev–Trinajstić information content (AvgIpc) is 2.25. The van der Waals surface area contributed by atoms with E-state index in [1.165, 1.54) is 29.7 Å². The summed E-state index contributed by atoms with van der Waals surface area (Å²) in [5.74, 6) is 0.776. The zero-order chi connectivity index (χ0) is 14.2. The Morgan fingerprint density at radius 3 is 2.42 bits per heavy atom. The highest BCUT2D eigenvalue weighted by molar-refractivity contribution is 5.55. The fraction of sp³-hybridized carbons (Fsp3) is 0.647. The first kappa shape index (κ1) is 14.4. The maximum absolute atomic E-state index is 5.88. The van der Waals surface area contributed by atoms with Crippen molar-refractivity contribution in [1.82, 2.24) is 0 Å². The van der Waals surface area contributed by atoms with Crippen LogP contribution in [0, 0.1) is 12.8 Å². The molecule has 1 saturated carbocycles. The molecule has 0 amide bonds. The van der Waals surface area contributed by atoms with Crippen molar-refractivity contribution >= 4 is 5.69 Å². The zero-order valence-electron chi connectivity index (χ0n) is 13.0.